The molecule has 0 atom stereocenters. The lowest BCUT2D eigenvalue weighted by molar-refractivity contribution is -0.137. The van der Waals surface area contributed by atoms with Crippen molar-refractivity contribution in [1.82, 2.24) is 5.43 Å². The Labute approximate surface area is 132 Å². The fourth-order valence-electron chi connectivity index (χ4n) is 1.74. The minimum atomic E-state index is -0.769. The lowest BCUT2D eigenvalue weighted by atomic mass is 10.1. The molecule has 1 aromatic carbocycles. The van der Waals surface area contributed by atoms with Gasteiger partial charge in [0.2, 0.25) is 5.91 Å². The van der Waals surface area contributed by atoms with E-state index in [1.165, 1.54) is 0 Å². The number of carbonyl (C=O) groups excluding carboxylic acids is 1. The maximum absolute atomic E-state index is 11.5. The lowest BCUT2D eigenvalue weighted by Gasteiger charge is -2.00. The number of rotatable bonds is 9. The lowest BCUT2D eigenvalue weighted by Crippen LogP contribution is -2.16. The first kappa shape index (κ1) is 17.4. The smallest absolute Gasteiger partial charge is 0.303 e. The van der Waals surface area contributed by atoms with Crippen LogP contribution < -0.4 is 5.43 Å². The summed E-state index contributed by atoms with van der Waals surface area (Å²) < 4.78 is 0.958. The van der Waals surface area contributed by atoms with Crippen LogP contribution in [0.5, 0.6) is 0 Å². The number of carboxylic acid groups (broad SMARTS) is 1. The molecule has 21 heavy (non-hydrogen) atoms. The predicted molar refractivity (Wildman–Crippen MR) is 85.2 cm³/mol. The van der Waals surface area contributed by atoms with Crippen molar-refractivity contribution in [1.29, 1.82) is 0 Å². The molecule has 0 saturated carbocycles. The number of unbranched alkanes of at least 4 members (excludes halogenated alkanes) is 3. The average Bonchev–Trinajstić information content (AvgIpc) is 2.42. The van der Waals surface area contributed by atoms with Gasteiger partial charge in [-0.2, -0.15) is 5.10 Å². The molecule has 0 aliphatic rings. The van der Waals surface area contributed by atoms with E-state index in [1.807, 2.05) is 24.3 Å². The Morgan fingerprint density at radius 1 is 1.19 bits per heavy atom. The van der Waals surface area contributed by atoms with Crippen molar-refractivity contribution in [2.75, 3.05) is 0 Å². The van der Waals surface area contributed by atoms with E-state index >= 15 is 0 Å². The maximum Gasteiger partial charge on any atom is 0.303 e. The molecular formula is C15H19BrN2O3. The van der Waals surface area contributed by atoms with Gasteiger partial charge in [-0.1, -0.05) is 40.9 Å². The summed E-state index contributed by atoms with van der Waals surface area (Å²) in [6.07, 6.45) is 5.30. The third-order valence-corrected chi connectivity index (χ3v) is 3.29. The highest BCUT2D eigenvalue weighted by Gasteiger charge is 2.00. The second-order valence-electron chi connectivity index (χ2n) is 4.66. The van der Waals surface area contributed by atoms with Crippen LogP contribution in [0.4, 0.5) is 0 Å². The number of hydrazone groups is 1. The van der Waals surface area contributed by atoms with Crippen LogP contribution in [0.25, 0.3) is 0 Å². The summed E-state index contributed by atoms with van der Waals surface area (Å²) in [6.45, 7) is 0. The molecule has 2 N–H and O–H groups in total. The Balaban J connectivity index is 2.12. The average molecular weight is 355 g/mol. The Morgan fingerprint density at radius 2 is 1.90 bits per heavy atom. The number of hydrogen-bond donors (Lipinski definition) is 2. The molecule has 114 valence electrons. The number of carboxylic acids is 1. The van der Waals surface area contributed by atoms with Crippen LogP contribution in [0.2, 0.25) is 0 Å². The zero-order valence-corrected chi connectivity index (χ0v) is 13.3. The molecule has 0 aliphatic carbocycles. The van der Waals surface area contributed by atoms with Crippen molar-refractivity contribution in [2.24, 2.45) is 5.10 Å². The van der Waals surface area contributed by atoms with Crippen LogP contribution in [0.1, 0.15) is 44.1 Å². The number of nitrogens with one attached hydrogen (secondary N) is 1. The van der Waals surface area contributed by atoms with Gasteiger partial charge in [0.05, 0.1) is 6.21 Å². The maximum atomic E-state index is 11.5. The molecule has 0 fully saturated rings. The molecule has 1 aromatic rings. The number of hydrogen-bond acceptors (Lipinski definition) is 3. The molecule has 5 nitrogen and oxygen atoms in total. The van der Waals surface area contributed by atoms with E-state index in [-0.39, 0.29) is 12.3 Å². The summed E-state index contributed by atoms with van der Waals surface area (Å²) in [5.41, 5.74) is 3.38. The Hall–Kier alpha value is -1.69. The zero-order chi connectivity index (χ0) is 15.5. The highest BCUT2D eigenvalue weighted by Crippen LogP contribution is 2.10. The van der Waals surface area contributed by atoms with E-state index < -0.39 is 5.97 Å². The molecule has 0 spiro atoms. The quantitative estimate of drug-likeness (QED) is 0.405. The van der Waals surface area contributed by atoms with Crippen molar-refractivity contribution in [2.45, 2.75) is 38.5 Å². The fourth-order valence-corrected chi connectivity index (χ4v) is 2.15. The van der Waals surface area contributed by atoms with Gasteiger partial charge in [0, 0.05) is 17.3 Å². The first-order valence-corrected chi connectivity index (χ1v) is 7.66. The van der Waals surface area contributed by atoms with Gasteiger partial charge in [-0.25, -0.2) is 5.43 Å². The highest BCUT2D eigenvalue weighted by atomic mass is 79.9. The van der Waals surface area contributed by atoms with E-state index in [0.717, 1.165) is 29.3 Å². The fraction of sp³-hybridized carbons (Fsp3) is 0.400. The molecule has 0 radical (unpaired) electrons. The molecule has 0 aliphatic heterocycles. The van der Waals surface area contributed by atoms with Gasteiger partial charge in [0.1, 0.15) is 0 Å². The topological polar surface area (TPSA) is 78.8 Å². The van der Waals surface area contributed by atoms with E-state index in [2.05, 4.69) is 26.5 Å². The summed E-state index contributed by atoms with van der Waals surface area (Å²) >= 11 is 3.36. The van der Waals surface area contributed by atoms with Crippen molar-refractivity contribution >= 4 is 34.0 Å². The summed E-state index contributed by atoms with van der Waals surface area (Å²) in [5, 5.41) is 12.4. The Morgan fingerprint density at radius 3 is 2.57 bits per heavy atom. The number of carbonyl (C=O) groups is 2. The second kappa shape index (κ2) is 10.1. The Bertz CT molecular complexity index is 503. The number of amides is 1. The molecule has 1 rings (SSSR count). The summed E-state index contributed by atoms with van der Waals surface area (Å²) in [4.78, 5) is 21.8. The van der Waals surface area contributed by atoms with E-state index in [1.54, 1.807) is 6.21 Å². The van der Waals surface area contributed by atoms with Gasteiger partial charge in [-0.05, 0) is 30.5 Å². The van der Waals surface area contributed by atoms with Crippen LogP contribution in [0.3, 0.4) is 0 Å². The second-order valence-corrected chi connectivity index (χ2v) is 5.57. The number of halogens is 1. The molecule has 0 heterocycles. The SMILES string of the molecule is O=C(O)CCCCCCC(=O)N/N=C/c1cccc(Br)c1. The number of benzene rings is 1. The molecule has 0 aromatic heterocycles. The minimum absolute atomic E-state index is 0.125. The van der Waals surface area contributed by atoms with Crippen molar-refractivity contribution in [3.63, 3.8) is 0 Å². The first-order valence-electron chi connectivity index (χ1n) is 6.87. The van der Waals surface area contributed by atoms with Crippen molar-refractivity contribution in [3.05, 3.63) is 34.3 Å². The minimum Gasteiger partial charge on any atom is -0.481 e. The number of nitrogens with zero attached hydrogens (tertiary/aromatic N) is 1. The predicted octanol–water partition coefficient (Wildman–Crippen LogP) is 3.32. The van der Waals surface area contributed by atoms with E-state index in [4.69, 9.17) is 5.11 Å². The summed E-state index contributed by atoms with van der Waals surface area (Å²) in [5.74, 6) is -0.894. The van der Waals surface area contributed by atoms with Crippen molar-refractivity contribution < 1.29 is 14.7 Å². The molecular weight excluding hydrogens is 336 g/mol. The van der Waals surface area contributed by atoms with E-state index in [0.29, 0.717) is 12.8 Å². The Kier molecular flexibility index (Phi) is 8.35. The third kappa shape index (κ3) is 8.96. The van der Waals surface area contributed by atoms with Gasteiger partial charge < -0.3 is 5.11 Å². The number of aliphatic carboxylic acids is 1. The van der Waals surface area contributed by atoms with Crippen LogP contribution >= 0.6 is 15.9 Å². The first-order chi connectivity index (χ1) is 10.1. The third-order valence-electron chi connectivity index (χ3n) is 2.80. The largest absolute Gasteiger partial charge is 0.481 e. The molecule has 0 saturated heterocycles. The van der Waals surface area contributed by atoms with Crippen LogP contribution in [-0.2, 0) is 9.59 Å². The van der Waals surface area contributed by atoms with E-state index in [9.17, 15) is 9.59 Å². The zero-order valence-electron chi connectivity index (χ0n) is 11.7. The van der Waals surface area contributed by atoms with Gasteiger partial charge in [-0.3, -0.25) is 9.59 Å². The molecule has 1 amide bonds. The van der Waals surface area contributed by atoms with Crippen molar-refractivity contribution in [3.8, 4) is 0 Å². The monoisotopic (exact) mass is 354 g/mol. The van der Waals surface area contributed by atoms with Gasteiger partial charge in [-0.15, -0.1) is 0 Å². The molecule has 0 unspecified atom stereocenters. The van der Waals surface area contributed by atoms with Crippen LogP contribution in [0.15, 0.2) is 33.8 Å². The highest BCUT2D eigenvalue weighted by molar-refractivity contribution is 9.10. The molecule has 0 bridgehead atoms. The van der Waals surface area contributed by atoms with Crippen LogP contribution in [-0.4, -0.2) is 23.2 Å². The summed E-state index contributed by atoms with van der Waals surface area (Å²) in [6, 6.07) is 7.60. The van der Waals surface area contributed by atoms with Gasteiger partial charge >= 0.3 is 5.97 Å². The standard InChI is InChI=1S/C15H19BrN2O3/c16-13-7-5-6-12(10-13)11-17-18-14(19)8-3-1-2-4-9-15(20)21/h5-7,10-11H,1-4,8-9H2,(H,18,19)(H,20,21)/b17-11+. The van der Waals surface area contributed by atoms with Gasteiger partial charge in [0.15, 0.2) is 0 Å². The summed E-state index contributed by atoms with van der Waals surface area (Å²) in [7, 11) is 0. The normalized spacial score (nSPS) is 10.7. The van der Waals surface area contributed by atoms with Crippen LogP contribution in [0, 0.1) is 0 Å². The molecule has 6 heteroatoms. The van der Waals surface area contributed by atoms with Gasteiger partial charge in [0.25, 0.3) is 0 Å².